The number of methoxy groups -OCH3 is 1. The number of fused-ring (bicyclic) bond motifs is 2. The summed E-state index contributed by atoms with van der Waals surface area (Å²) in [5, 5.41) is 13.3. The van der Waals surface area contributed by atoms with Crippen molar-refractivity contribution in [2.24, 2.45) is 5.92 Å². The first-order valence-corrected chi connectivity index (χ1v) is 22.6. The van der Waals surface area contributed by atoms with Crippen molar-refractivity contribution in [3.8, 4) is 5.75 Å². The van der Waals surface area contributed by atoms with E-state index in [1.165, 1.54) is 0 Å². The van der Waals surface area contributed by atoms with Gasteiger partial charge in [0.25, 0.3) is 11.8 Å². The fourth-order valence-corrected chi connectivity index (χ4v) is 12.8. The van der Waals surface area contributed by atoms with Gasteiger partial charge in [0.2, 0.25) is 14.3 Å². The number of piperidine rings is 1. The zero-order valence-electron chi connectivity index (χ0n) is 32.2. The van der Waals surface area contributed by atoms with Crippen LogP contribution in [0.15, 0.2) is 72.8 Å². The van der Waals surface area contributed by atoms with Gasteiger partial charge in [-0.15, -0.1) is 0 Å². The lowest BCUT2D eigenvalue weighted by atomic mass is 9.82. The van der Waals surface area contributed by atoms with Gasteiger partial charge >= 0.3 is 0 Å². The van der Waals surface area contributed by atoms with Gasteiger partial charge in [-0.1, -0.05) is 37.3 Å². The number of nitrogens with one attached hydrogen (secondary N) is 1. The normalized spacial score (nSPS) is 27.5. The summed E-state index contributed by atoms with van der Waals surface area (Å²) >= 11 is 0. The number of ether oxygens (including phenoxy) is 2. The van der Waals surface area contributed by atoms with Gasteiger partial charge < -0.3 is 38.7 Å². The average Bonchev–Trinajstić information content (AvgIpc) is 3.92. The number of aliphatic hydroxyl groups is 1. The van der Waals surface area contributed by atoms with Crippen molar-refractivity contribution < 1.29 is 33.1 Å². The van der Waals surface area contributed by atoms with Gasteiger partial charge in [0.1, 0.15) is 11.3 Å². The van der Waals surface area contributed by atoms with Crippen molar-refractivity contribution in [1.29, 1.82) is 0 Å². The molecule has 55 heavy (non-hydrogen) atoms. The van der Waals surface area contributed by atoms with E-state index in [0.29, 0.717) is 30.2 Å². The van der Waals surface area contributed by atoms with Crippen molar-refractivity contribution in [3.05, 3.63) is 83.9 Å². The van der Waals surface area contributed by atoms with E-state index in [0.717, 1.165) is 55.7 Å². The number of aliphatic hydroxyl groups excluding tert-OH is 1. The molecule has 0 saturated carbocycles. The Labute approximate surface area is 323 Å². The molecule has 292 valence electrons. The molecule has 0 aliphatic carbocycles. The standard InChI is InChI=1S/C42H52FN5O6Si/c1-28-38(55(3,4)43)36(24-37(50)45-22-8-11-32(45)26-49)54-42(28)34-23-33(53-2)16-17-35(34)46(40(42)52)25-29-12-14-30(15-13-29)47-27-48(31-9-6-5-7-10-31)41(39(47)51)18-20-44-21-19-41/h5-7,9-10,12-17,23,28,32,36,38,44,49H,8,11,18-22,24-27H2,1-4H3/t28-,32-,36+,38-,42+/m0/s1. The molecule has 0 bridgehead atoms. The summed E-state index contributed by atoms with van der Waals surface area (Å²) in [6.07, 6.45) is 2.10. The second-order valence-corrected chi connectivity index (χ2v) is 20.2. The Bertz CT molecular complexity index is 1940. The number of hydrogen-bond donors (Lipinski definition) is 2. The van der Waals surface area contributed by atoms with E-state index < -0.39 is 37.1 Å². The summed E-state index contributed by atoms with van der Waals surface area (Å²) in [5.74, 6) is -0.394. The van der Waals surface area contributed by atoms with Crippen molar-refractivity contribution in [1.82, 2.24) is 10.2 Å². The third kappa shape index (κ3) is 6.14. The summed E-state index contributed by atoms with van der Waals surface area (Å²) in [4.78, 5) is 50.4. The second kappa shape index (κ2) is 14.3. The number of rotatable bonds is 9. The molecule has 5 atom stereocenters. The van der Waals surface area contributed by atoms with E-state index >= 15 is 4.11 Å². The number of hydrogen-bond acceptors (Lipinski definition) is 8. The third-order valence-corrected chi connectivity index (χ3v) is 15.4. The molecule has 0 radical (unpaired) electrons. The number of carbonyl (C=O) groups excluding carboxylic acids is 3. The average molecular weight is 770 g/mol. The molecule has 4 saturated heterocycles. The molecule has 3 aromatic carbocycles. The van der Waals surface area contributed by atoms with Crippen LogP contribution in [0.25, 0.3) is 0 Å². The van der Waals surface area contributed by atoms with Gasteiger partial charge in [0.05, 0.1) is 51.2 Å². The molecular weight excluding hydrogens is 718 g/mol. The molecule has 5 aliphatic rings. The molecule has 11 nitrogen and oxygen atoms in total. The van der Waals surface area contributed by atoms with Crippen molar-refractivity contribution in [3.63, 3.8) is 0 Å². The monoisotopic (exact) mass is 769 g/mol. The number of nitrogens with zero attached hydrogens (tertiary/aromatic N) is 4. The molecule has 8 rings (SSSR count). The Morgan fingerprint density at radius 2 is 1.75 bits per heavy atom. The minimum absolute atomic E-state index is 0.0592. The highest BCUT2D eigenvalue weighted by Crippen LogP contribution is 2.61. The summed E-state index contributed by atoms with van der Waals surface area (Å²) in [5.41, 5.74) is 1.19. The topological polar surface area (TPSA) is 115 Å². The predicted molar refractivity (Wildman–Crippen MR) is 211 cm³/mol. The highest BCUT2D eigenvalue weighted by molar-refractivity contribution is 6.72. The third-order valence-electron chi connectivity index (χ3n) is 13.0. The largest absolute Gasteiger partial charge is 0.497 e. The molecular formula is C42H52FN5O6Si. The Morgan fingerprint density at radius 1 is 1.02 bits per heavy atom. The summed E-state index contributed by atoms with van der Waals surface area (Å²) in [7, 11) is -1.93. The molecule has 5 aliphatic heterocycles. The van der Waals surface area contributed by atoms with Crippen LogP contribution in [0.5, 0.6) is 5.75 Å². The first-order valence-electron chi connectivity index (χ1n) is 19.6. The van der Waals surface area contributed by atoms with Gasteiger partial charge in [-0.2, -0.15) is 0 Å². The molecule has 2 N–H and O–H groups in total. The first-order chi connectivity index (χ1) is 26.4. The van der Waals surface area contributed by atoms with Gasteiger partial charge in [-0.3, -0.25) is 19.3 Å². The Hall–Kier alpha value is -4.30. The van der Waals surface area contributed by atoms with Crippen LogP contribution in [0.2, 0.25) is 18.6 Å². The summed E-state index contributed by atoms with van der Waals surface area (Å²) in [6, 6.07) is 23.1. The van der Waals surface area contributed by atoms with E-state index in [2.05, 4.69) is 22.3 Å². The zero-order chi connectivity index (χ0) is 38.7. The lowest BCUT2D eigenvalue weighted by molar-refractivity contribution is -0.150. The smallest absolute Gasteiger partial charge is 0.264 e. The Balaban J connectivity index is 1.08. The van der Waals surface area contributed by atoms with E-state index in [1.807, 2.05) is 72.5 Å². The van der Waals surface area contributed by atoms with Crippen molar-refractivity contribution >= 4 is 43.2 Å². The predicted octanol–water partition coefficient (Wildman–Crippen LogP) is 5.32. The molecule has 0 aromatic heterocycles. The SMILES string of the molecule is COc1ccc2c(c1)[C@@]1(O[C@H](CC(=O)N3CCC[C@H]3CO)[C@@H]([Si](C)(C)F)[C@@H]1C)C(=O)N2Cc1ccc(N2CN(c3ccccc3)C3(CCNCC3)C2=O)cc1. The summed E-state index contributed by atoms with van der Waals surface area (Å²) in [6.45, 7) is 7.78. The van der Waals surface area contributed by atoms with Crippen molar-refractivity contribution in [2.75, 3.05) is 54.7 Å². The van der Waals surface area contributed by atoms with Gasteiger partial charge in [0, 0.05) is 34.9 Å². The van der Waals surface area contributed by atoms with Crippen LogP contribution >= 0.6 is 0 Å². The Morgan fingerprint density at radius 3 is 2.42 bits per heavy atom. The molecule has 4 fully saturated rings. The minimum atomic E-state index is -3.50. The number of benzene rings is 3. The van der Waals surface area contributed by atoms with E-state index in [-0.39, 0.29) is 43.3 Å². The minimum Gasteiger partial charge on any atom is -0.497 e. The lowest BCUT2D eigenvalue weighted by Crippen LogP contribution is -2.55. The number of carbonyl (C=O) groups is 3. The fourth-order valence-electron chi connectivity index (χ4n) is 10.3. The lowest BCUT2D eigenvalue weighted by Gasteiger charge is -2.39. The number of likely N-dealkylation sites (tertiary alicyclic amines) is 1. The number of amides is 3. The van der Waals surface area contributed by atoms with Crippen LogP contribution in [0, 0.1) is 5.92 Å². The molecule has 5 heterocycles. The van der Waals surface area contributed by atoms with E-state index in [4.69, 9.17) is 9.47 Å². The summed E-state index contributed by atoms with van der Waals surface area (Å²) < 4.78 is 28.9. The van der Waals surface area contributed by atoms with Crippen LogP contribution in [-0.2, 0) is 31.3 Å². The van der Waals surface area contributed by atoms with Crippen LogP contribution in [0.1, 0.15) is 50.2 Å². The number of halogens is 1. The molecule has 2 spiro atoms. The molecule has 3 aromatic rings. The van der Waals surface area contributed by atoms with Gasteiger partial charge in [-0.05, 0) is 99.9 Å². The first kappa shape index (κ1) is 37.6. The van der Waals surface area contributed by atoms with E-state index in [1.54, 1.807) is 30.0 Å². The highest BCUT2D eigenvalue weighted by Gasteiger charge is 2.67. The highest BCUT2D eigenvalue weighted by atomic mass is 28.4. The maximum Gasteiger partial charge on any atom is 0.264 e. The van der Waals surface area contributed by atoms with E-state index in [9.17, 15) is 19.5 Å². The van der Waals surface area contributed by atoms with Crippen LogP contribution in [-0.4, -0.2) is 93.8 Å². The number of para-hydroxylation sites is 1. The molecule has 0 unspecified atom stereocenters. The zero-order valence-corrected chi connectivity index (χ0v) is 33.2. The maximum absolute atomic E-state index is 16.4. The second-order valence-electron chi connectivity index (χ2n) is 16.4. The Kier molecular flexibility index (Phi) is 9.80. The maximum atomic E-state index is 16.4. The molecule has 3 amide bonds. The van der Waals surface area contributed by atoms with Crippen molar-refractivity contribution in [2.45, 2.75) is 87.5 Å². The van der Waals surface area contributed by atoms with Crippen LogP contribution in [0.3, 0.4) is 0 Å². The molecule has 13 heteroatoms. The van der Waals surface area contributed by atoms with Gasteiger partial charge in [-0.25, -0.2) is 0 Å². The van der Waals surface area contributed by atoms with Gasteiger partial charge in [0.15, 0.2) is 5.60 Å². The number of anilines is 3. The van der Waals surface area contributed by atoms with Crippen LogP contribution < -0.4 is 24.8 Å². The quantitative estimate of drug-likeness (QED) is 0.222. The van der Waals surface area contributed by atoms with Crippen LogP contribution in [0.4, 0.5) is 21.2 Å². The fraction of sp³-hybridized carbons (Fsp3) is 0.500.